The molecule has 2 rings (SSSR count). The number of thioether (sulfide) groups is 1. The highest BCUT2D eigenvalue weighted by Gasteiger charge is 2.22. The van der Waals surface area contributed by atoms with Crippen LogP contribution in [0.2, 0.25) is 0 Å². The zero-order valence-corrected chi connectivity index (χ0v) is 9.56. The third kappa shape index (κ3) is 3.14. The van der Waals surface area contributed by atoms with Crippen molar-refractivity contribution in [3.63, 3.8) is 0 Å². The molecule has 0 amide bonds. The molecule has 0 aromatic heterocycles. The number of hydrogen-bond donors (Lipinski definition) is 2. The molecule has 1 heterocycles. The minimum Gasteiger partial charge on any atom is -0.393 e. The maximum absolute atomic E-state index is 9.40. The molecule has 1 aliphatic heterocycles. The number of aliphatic hydroxyl groups excluding tert-OH is 1. The second-order valence-corrected chi connectivity index (χ2v) is 5.78. The Balaban J connectivity index is 1.68. The quantitative estimate of drug-likeness (QED) is 0.736. The van der Waals surface area contributed by atoms with Crippen LogP contribution in [0.25, 0.3) is 0 Å². The van der Waals surface area contributed by atoms with Gasteiger partial charge in [-0.25, -0.2) is 0 Å². The van der Waals surface area contributed by atoms with Crippen molar-refractivity contribution < 1.29 is 5.11 Å². The van der Waals surface area contributed by atoms with E-state index in [2.05, 4.69) is 17.1 Å². The van der Waals surface area contributed by atoms with Gasteiger partial charge in [0.15, 0.2) is 0 Å². The van der Waals surface area contributed by atoms with Gasteiger partial charge in [-0.1, -0.05) is 0 Å². The van der Waals surface area contributed by atoms with Crippen molar-refractivity contribution in [3.8, 4) is 0 Å². The van der Waals surface area contributed by atoms with Gasteiger partial charge in [0.05, 0.1) is 6.10 Å². The van der Waals surface area contributed by atoms with Crippen molar-refractivity contribution in [2.45, 2.75) is 56.7 Å². The monoisotopic (exact) mass is 215 g/mol. The molecule has 0 aromatic rings. The van der Waals surface area contributed by atoms with Crippen LogP contribution in [-0.2, 0) is 0 Å². The number of hydrogen-bond acceptors (Lipinski definition) is 3. The molecular weight excluding hydrogens is 194 g/mol. The minimum absolute atomic E-state index is 0.0186. The average Bonchev–Trinajstić information content (AvgIpc) is 2.23. The van der Waals surface area contributed by atoms with Gasteiger partial charge in [0.1, 0.15) is 0 Å². The highest BCUT2D eigenvalue weighted by molar-refractivity contribution is 7.99. The molecule has 0 atom stereocenters. The van der Waals surface area contributed by atoms with Gasteiger partial charge in [0, 0.05) is 12.1 Å². The lowest BCUT2D eigenvalue weighted by Gasteiger charge is -2.32. The summed E-state index contributed by atoms with van der Waals surface area (Å²) in [5.41, 5.74) is 0. The molecule has 1 saturated heterocycles. The Kier molecular flexibility index (Phi) is 4.14. The van der Waals surface area contributed by atoms with Crippen molar-refractivity contribution in [1.29, 1.82) is 0 Å². The van der Waals surface area contributed by atoms with E-state index < -0.39 is 0 Å². The summed E-state index contributed by atoms with van der Waals surface area (Å²) in [6, 6.07) is 1.45. The maximum Gasteiger partial charge on any atom is 0.0541 e. The van der Waals surface area contributed by atoms with E-state index in [1.165, 1.54) is 37.2 Å². The maximum atomic E-state index is 9.40. The molecule has 2 aliphatic rings. The largest absolute Gasteiger partial charge is 0.393 e. The Morgan fingerprint density at radius 2 is 1.43 bits per heavy atom. The van der Waals surface area contributed by atoms with Gasteiger partial charge >= 0.3 is 0 Å². The summed E-state index contributed by atoms with van der Waals surface area (Å²) in [6.07, 6.45) is 7.00. The summed E-state index contributed by atoms with van der Waals surface area (Å²) in [5.74, 6) is 2.65. The van der Waals surface area contributed by atoms with Crippen LogP contribution < -0.4 is 5.32 Å². The smallest absolute Gasteiger partial charge is 0.0541 e. The molecule has 14 heavy (non-hydrogen) atoms. The molecule has 3 heteroatoms. The first-order valence-electron chi connectivity index (χ1n) is 5.86. The molecule has 0 radical (unpaired) electrons. The van der Waals surface area contributed by atoms with Crippen molar-refractivity contribution >= 4 is 11.8 Å². The van der Waals surface area contributed by atoms with E-state index >= 15 is 0 Å². The molecule has 2 N–H and O–H groups in total. The fourth-order valence-corrected chi connectivity index (χ4v) is 3.55. The molecule has 1 saturated carbocycles. The molecule has 2 nitrogen and oxygen atoms in total. The van der Waals surface area contributed by atoms with E-state index in [4.69, 9.17) is 0 Å². The van der Waals surface area contributed by atoms with Crippen molar-refractivity contribution in [2.24, 2.45) is 0 Å². The van der Waals surface area contributed by atoms with Gasteiger partial charge in [-0.3, -0.25) is 0 Å². The van der Waals surface area contributed by atoms with Crippen molar-refractivity contribution in [1.82, 2.24) is 5.32 Å². The highest BCUT2D eigenvalue weighted by Crippen LogP contribution is 2.22. The summed E-state index contributed by atoms with van der Waals surface area (Å²) in [7, 11) is 0. The first kappa shape index (κ1) is 10.8. The Morgan fingerprint density at radius 3 is 2.07 bits per heavy atom. The molecule has 82 valence electrons. The lowest BCUT2D eigenvalue weighted by molar-refractivity contribution is 0.113. The fourth-order valence-electron chi connectivity index (χ4n) is 2.44. The van der Waals surface area contributed by atoms with Crippen LogP contribution in [0, 0.1) is 0 Å². The number of nitrogens with one attached hydrogen (secondary N) is 1. The van der Waals surface area contributed by atoms with E-state index in [0.717, 1.165) is 18.9 Å². The first-order valence-corrected chi connectivity index (χ1v) is 7.02. The van der Waals surface area contributed by atoms with Crippen molar-refractivity contribution in [3.05, 3.63) is 0 Å². The SMILES string of the molecule is OC1CCC(NC2CCSCC2)CC1. The van der Waals surface area contributed by atoms with Gasteiger partial charge in [-0.2, -0.15) is 11.8 Å². The zero-order chi connectivity index (χ0) is 9.80. The van der Waals surface area contributed by atoms with Crippen LogP contribution in [0.15, 0.2) is 0 Å². The predicted octanol–water partition coefficient (Wildman–Crippen LogP) is 1.78. The van der Waals surface area contributed by atoms with Gasteiger partial charge in [0.25, 0.3) is 0 Å². The molecule has 0 spiro atoms. The molecule has 0 bridgehead atoms. The Bertz CT molecular complexity index is 163. The zero-order valence-electron chi connectivity index (χ0n) is 8.74. The van der Waals surface area contributed by atoms with Crippen LogP contribution in [0.5, 0.6) is 0 Å². The summed E-state index contributed by atoms with van der Waals surface area (Å²) >= 11 is 2.08. The average molecular weight is 215 g/mol. The molecule has 0 unspecified atom stereocenters. The molecule has 1 aliphatic carbocycles. The Morgan fingerprint density at radius 1 is 0.857 bits per heavy atom. The second-order valence-electron chi connectivity index (χ2n) is 4.56. The van der Waals surface area contributed by atoms with E-state index in [9.17, 15) is 5.11 Å². The van der Waals surface area contributed by atoms with Gasteiger partial charge in [-0.15, -0.1) is 0 Å². The second kappa shape index (κ2) is 5.38. The number of rotatable bonds is 2. The van der Waals surface area contributed by atoms with Crippen LogP contribution in [0.1, 0.15) is 38.5 Å². The van der Waals surface area contributed by atoms with Gasteiger partial charge in [-0.05, 0) is 50.0 Å². The molecule has 2 fully saturated rings. The third-order valence-electron chi connectivity index (χ3n) is 3.39. The van der Waals surface area contributed by atoms with Gasteiger partial charge in [0.2, 0.25) is 0 Å². The normalized spacial score (nSPS) is 35.8. The first-order chi connectivity index (χ1) is 6.84. The third-order valence-corrected chi connectivity index (χ3v) is 4.44. The summed E-state index contributed by atoms with van der Waals surface area (Å²) in [5, 5.41) is 13.2. The summed E-state index contributed by atoms with van der Waals surface area (Å²) in [6.45, 7) is 0. The number of aliphatic hydroxyl groups is 1. The highest BCUT2D eigenvalue weighted by atomic mass is 32.2. The topological polar surface area (TPSA) is 32.3 Å². The predicted molar refractivity (Wildman–Crippen MR) is 61.7 cm³/mol. The van der Waals surface area contributed by atoms with Gasteiger partial charge < -0.3 is 10.4 Å². The summed E-state index contributed by atoms with van der Waals surface area (Å²) < 4.78 is 0. The van der Waals surface area contributed by atoms with E-state index in [-0.39, 0.29) is 6.10 Å². The Labute approximate surface area is 90.8 Å². The lowest BCUT2D eigenvalue weighted by Crippen LogP contribution is -2.42. The van der Waals surface area contributed by atoms with Crippen LogP contribution in [0.3, 0.4) is 0 Å². The molecular formula is C11H21NOS. The van der Waals surface area contributed by atoms with E-state index in [1.54, 1.807) is 0 Å². The minimum atomic E-state index is -0.0186. The van der Waals surface area contributed by atoms with Crippen LogP contribution in [-0.4, -0.2) is 34.8 Å². The Hall–Kier alpha value is 0.270. The fraction of sp³-hybridized carbons (Fsp3) is 1.00. The van der Waals surface area contributed by atoms with E-state index in [0.29, 0.717) is 6.04 Å². The standard InChI is InChI=1S/C11H21NOS/c13-11-3-1-9(2-4-11)12-10-5-7-14-8-6-10/h9-13H,1-8H2. The van der Waals surface area contributed by atoms with Crippen LogP contribution >= 0.6 is 11.8 Å². The van der Waals surface area contributed by atoms with Crippen LogP contribution in [0.4, 0.5) is 0 Å². The molecule has 0 aromatic carbocycles. The lowest BCUT2D eigenvalue weighted by atomic mass is 9.92. The summed E-state index contributed by atoms with van der Waals surface area (Å²) in [4.78, 5) is 0. The van der Waals surface area contributed by atoms with E-state index in [1.807, 2.05) is 0 Å². The van der Waals surface area contributed by atoms with Crippen molar-refractivity contribution in [2.75, 3.05) is 11.5 Å².